The van der Waals surface area contributed by atoms with Gasteiger partial charge in [0.2, 0.25) is 5.91 Å². The van der Waals surface area contributed by atoms with Crippen LogP contribution in [0.3, 0.4) is 0 Å². The van der Waals surface area contributed by atoms with Gasteiger partial charge in [-0.3, -0.25) is 4.79 Å². The lowest BCUT2D eigenvalue weighted by atomic mass is 9.87. The summed E-state index contributed by atoms with van der Waals surface area (Å²) in [5.74, 6) is -1.02. The molecule has 0 aliphatic carbocycles. The van der Waals surface area contributed by atoms with Crippen LogP contribution in [0.2, 0.25) is 0 Å². The molecule has 4 nitrogen and oxygen atoms in total. The summed E-state index contributed by atoms with van der Waals surface area (Å²) in [5, 5.41) is 15.0. The summed E-state index contributed by atoms with van der Waals surface area (Å²) in [5.41, 5.74) is 0.376. The molecule has 1 heterocycles. The van der Waals surface area contributed by atoms with Crippen LogP contribution in [0.4, 0.5) is 10.1 Å². The molecule has 1 aromatic rings. The number of nitrogens with one attached hydrogen (secondary N) is 2. The molecule has 0 saturated carbocycles. The predicted molar refractivity (Wildman–Crippen MR) is 66.8 cm³/mol. The number of anilines is 1. The van der Waals surface area contributed by atoms with Crippen LogP contribution in [0.1, 0.15) is 13.3 Å². The minimum Gasteiger partial charge on any atom is -0.505 e. The van der Waals surface area contributed by atoms with E-state index in [1.165, 1.54) is 12.1 Å². The number of aromatic hydroxyl groups is 1. The minimum absolute atomic E-state index is 0.0527. The van der Waals surface area contributed by atoms with Crippen LogP contribution in [0, 0.1) is 17.7 Å². The van der Waals surface area contributed by atoms with Crippen molar-refractivity contribution in [3.05, 3.63) is 24.0 Å². The number of phenolic OH excluding ortho intramolecular Hbond substituents is 1. The molecule has 2 unspecified atom stereocenters. The first-order valence-electron chi connectivity index (χ1n) is 6.08. The van der Waals surface area contributed by atoms with Crippen molar-refractivity contribution in [2.75, 3.05) is 18.4 Å². The Morgan fingerprint density at radius 2 is 2.33 bits per heavy atom. The van der Waals surface area contributed by atoms with E-state index in [0.29, 0.717) is 5.69 Å². The number of piperidine rings is 1. The van der Waals surface area contributed by atoms with Crippen LogP contribution in [-0.2, 0) is 4.79 Å². The number of rotatable bonds is 2. The summed E-state index contributed by atoms with van der Waals surface area (Å²) in [7, 11) is 0. The summed E-state index contributed by atoms with van der Waals surface area (Å²) in [6, 6.07) is 3.85. The summed E-state index contributed by atoms with van der Waals surface area (Å²) < 4.78 is 13.1. The van der Waals surface area contributed by atoms with Crippen molar-refractivity contribution in [3.63, 3.8) is 0 Å². The van der Waals surface area contributed by atoms with Crippen LogP contribution in [-0.4, -0.2) is 24.1 Å². The fraction of sp³-hybridized carbons (Fsp3) is 0.462. The zero-order chi connectivity index (χ0) is 13.1. The number of hydrogen-bond donors (Lipinski definition) is 3. The standard InChI is InChI=1S/C13H17FN2O2/c1-8-7-15-5-4-10(8)13(18)16-9-2-3-12(17)11(14)6-9/h2-3,6,8,10,15,17H,4-5,7H2,1H3,(H,16,18). The Morgan fingerprint density at radius 3 is 3.00 bits per heavy atom. The van der Waals surface area contributed by atoms with Gasteiger partial charge in [-0.05, 0) is 37.6 Å². The van der Waals surface area contributed by atoms with Gasteiger partial charge in [-0.1, -0.05) is 6.92 Å². The first-order valence-corrected chi connectivity index (χ1v) is 6.08. The molecule has 0 bridgehead atoms. The molecule has 5 heteroatoms. The van der Waals surface area contributed by atoms with Gasteiger partial charge in [0.15, 0.2) is 11.6 Å². The van der Waals surface area contributed by atoms with Gasteiger partial charge in [-0.15, -0.1) is 0 Å². The number of hydrogen-bond acceptors (Lipinski definition) is 3. The molecule has 1 aliphatic rings. The van der Waals surface area contributed by atoms with E-state index in [-0.39, 0.29) is 17.7 Å². The third-order valence-corrected chi connectivity index (χ3v) is 3.34. The quantitative estimate of drug-likeness (QED) is 0.702. The van der Waals surface area contributed by atoms with E-state index in [2.05, 4.69) is 10.6 Å². The molecular formula is C13H17FN2O2. The van der Waals surface area contributed by atoms with Gasteiger partial charge in [0.1, 0.15) is 0 Å². The topological polar surface area (TPSA) is 61.4 Å². The third kappa shape index (κ3) is 2.79. The molecule has 98 valence electrons. The Labute approximate surface area is 105 Å². The molecule has 2 rings (SSSR count). The van der Waals surface area contributed by atoms with Crippen molar-refractivity contribution in [2.24, 2.45) is 11.8 Å². The minimum atomic E-state index is -0.730. The molecule has 1 aliphatic heterocycles. The maximum atomic E-state index is 13.1. The largest absolute Gasteiger partial charge is 0.505 e. The molecule has 1 amide bonds. The molecule has 18 heavy (non-hydrogen) atoms. The lowest BCUT2D eigenvalue weighted by Gasteiger charge is -2.28. The highest BCUT2D eigenvalue weighted by Crippen LogP contribution is 2.23. The normalized spacial score (nSPS) is 23.7. The van der Waals surface area contributed by atoms with Gasteiger partial charge in [0.05, 0.1) is 0 Å². The fourth-order valence-electron chi connectivity index (χ4n) is 2.22. The molecule has 1 saturated heterocycles. The Bertz CT molecular complexity index is 451. The number of carbonyl (C=O) groups excluding carboxylic acids is 1. The highest BCUT2D eigenvalue weighted by molar-refractivity contribution is 5.92. The number of carbonyl (C=O) groups is 1. The summed E-state index contributed by atoms with van der Waals surface area (Å²) in [6.45, 7) is 3.67. The number of halogens is 1. The van der Waals surface area contributed by atoms with E-state index < -0.39 is 11.6 Å². The molecular weight excluding hydrogens is 235 g/mol. The molecule has 0 aromatic heterocycles. The molecule has 1 aromatic carbocycles. The van der Waals surface area contributed by atoms with E-state index in [4.69, 9.17) is 5.11 Å². The van der Waals surface area contributed by atoms with Crippen molar-refractivity contribution < 1.29 is 14.3 Å². The summed E-state index contributed by atoms with van der Waals surface area (Å²) >= 11 is 0. The molecule has 3 N–H and O–H groups in total. The van der Waals surface area contributed by atoms with Gasteiger partial charge in [-0.25, -0.2) is 4.39 Å². The Balaban J connectivity index is 2.04. The van der Waals surface area contributed by atoms with Crippen LogP contribution in [0.25, 0.3) is 0 Å². The highest BCUT2D eigenvalue weighted by Gasteiger charge is 2.27. The van der Waals surface area contributed by atoms with Crippen molar-refractivity contribution >= 4 is 11.6 Å². The lowest BCUT2D eigenvalue weighted by Crippen LogP contribution is -2.40. The summed E-state index contributed by atoms with van der Waals surface area (Å²) in [4.78, 5) is 12.1. The van der Waals surface area contributed by atoms with E-state index in [1.54, 1.807) is 0 Å². The SMILES string of the molecule is CC1CNCCC1C(=O)Nc1ccc(O)c(F)c1. The van der Waals surface area contributed by atoms with Gasteiger partial charge in [-0.2, -0.15) is 0 Å². The molecule has 1 fully saturated rings. The predicted octanol–water partition coefficient (Wildman–Crippen LogP) is 1.72. The number of amides is 1. The Morgan fingerprint density at radius 1 is 1.56 bits per heavy atom. The summed E-state index contributed by atoms with van der Waals surface area (Å²) in [6.07, 6.45) is 0.785. The zero-order valence-corrected chi connectivity index (χ0v) is 10.2. The van der Waals surface area contributed by atoms with Crippen LogP contribution >= 0.6 is 0 Å². The van der Waals surface area contributed by atoms with Crippen molar-refractivity contribution in [1.29, 1.82) is 0 Å². The molecule has 0 spiro atoms. The monoisotopic (exact) mass is 252 g/mol. The number of phenols is 1. The second kappa shape index (κ2) is 5.35. The van der Waals surface area contributed by atoms with E-state index in [0.717, 1.165) is 25.6 Å². The average Bonchev–Trinajstić information content (AvgIpc) is 2.34. The van der Waals surface area contributed by atoms with Crippen molar-refractivity contribution in [2.45, 2.75) is 13.3 Å². The maximum absolute atomic E-state index is 13.1. The van der Waals surface area contributed by atoms with Crippen molar-refractivity contribution in [3.8, 4) is 5.75 Å². The van der Waals surface area contributed by atoms with E-state index in [1.807, 2.05) is 6.92 Å². The first-order chi connectivity index (χ1) is 8.58. The smallest absolute Gasteiger partial charge is 0.227 e. The molecule has 0 radical (unpaired) electrons. The van der Waals surface area contributed by atoms with E-state index >= 15 is 0 Å². The molecule has 2 atom stereocenters. The Kier molecular flexibility index (Phi) is 3.81. The second-order valence-electron chi connectivity index (χ2n) is 4.73. The highest BCUT2D eigenvalue weighted by atomic mass is 19.1. The number of benzene rings is 1. The Hall–Kier alpha value is -1.62. The lowest BCUT2D eigenvalue weighted by molar-refractivity contribution is -0.122. The van der Waals surface area contributed by atoms with E-state index in [9.17, 15) is 9.18 Å². The van der Waals surface area contributed by atoms with Crippen LogP contribution in [0.5, 0.6) is 5.75 Å². The van der Waals surface area contributed by atoms with Gasteiger partial charge >= 0.3 is 0 Å². The average molecular weight is 252 g/mol. The van der Waals surface area contributed by atoms with Crippen LogP contribution in [0.15, 0.2) is 18.2 Å². The fourth-order valence-corrected chi connectivity index (χ4v) is 2.22. The van der Waals surface area contributed by atoms with Gasteiger partial charge in [0.25, 0.3) is 0 Å². The van der Waals surface area contributed by atoms with Crippen LogP contribution < -0.4 is 10.6 Å². The van der Waals surface area contributed by atoms with Gasteiger partial charge < -0.3 is 15.7 Å². The second-order valence-corrected chi connectivity index (χ2v) is 4.73. The third-order valence-electron chi connectivity index (χ3n) is 3.34. The first kappa shape index (κ1) is 12.8. The van der Waals surface area contributed by atoms with Crippen molar-refractivity contribution in [1.82, 2.24) is 5.32 Å². The maximum Gasteiger partial charge on any atom is 0.227 e. The zero-order valence-electron chi connectivity index (χ0n) is 10.2. The van der Waals surface area contributed by atoms with Gasteiger partial charge in [0, 0.05) is 17.7 Å².